The normalized spacial score (nSPS) is 16.3. The lowest BCUT2D eigenvalue weighted by molar-refractivity contribution is 0.224. The summed E-state index contributed by atoms with van der Waals surface area (Å²) in [6, 6.07) is 21.0. The summed E-state index contributed by atoms with van der Waals surface area (Å²) < 4.78 is 0. The van der Waals surface area contributed by atoms with Crippen LogP contribution in [-0.4, -0.2) is 70.7 Å². The fraction of sp³-hybridized carbons (Fsp3) is 0.357. The molecule has 0 amide bonds. The number of benzene rings is 2. The van der Waals surface area contributed by atoms with E-state index in [-0.39, 0.29) is 0 Å². The maximum atomic E-state index is 4.61. The summed E-state index contributed by atoms with van der Waals surface area (Å²) >= 11 is 0. The molecule has 0 aliphatic carbocycles. The third kappa shape index (κ3) is 4.38. The maximum absolute atomic E-state index is 4.61. The summed E-state index contributed by atoms with van der Waals surface area (Å²) in [4.78, 5) is 9.59. The lowest BCUT2D eigenvalue weighted by atomic mass is 10.1. The van der Waals surface area contributed by atoms with Crippen LogP contribution in [0.15, 0.2) is 60.7 Å². The molecule has 0 radical (unpaired) electrons. The van der Waals surface area contributed by atoms with E-state index in [1.165, 1.54) is 35.1 Å². The van der Waals surface area contributed by atoms with Crippen molar-refractivity contribution in [1.29, 1.82) is 0 Å². The maximum Gasteiger partial charge on any atom is 0.156 e. The van der Waals surface area contributed by atoms with Crippen molar-refractivity contribution in [3.05, 3.63) is 71.8 Å². The van der Waals surface area contributed by atoms with Gasteiger partial charge in [0.05, 0.1) is 24.7 Å². The molecule has 0 fully saturated rings. The third-order valence-electron chi connectivity index (χ3n) is 7.33. The Morgan fingerprint density at radius 2 is 1.06 bits per heavy atom. The van der Waals surface area contributed by atoms with Crippen LogP contribution in [0.3, 0.4) is 0 Å². The summed E-state index contributed by atoms with van der Waals surface area (Å²) in [5.41, 5.74) is 7.28. The molecular weight excluding hydrogens is 448 g/mol. The number of unbranched alkanes of at least 4 members (excludes halogenated alkanes) is 1. The topological polar surface area (TPSA) is 70.3 Å². The van der Waals surface area contributed by atoms with Gasteiger partial charge in [0.25, 0.3) is 0 Å². The second-order valence-corrected chi connectivity index (χ2v) is 10.0. The van der Waals surface area contributed by atoms with Crippen LogP contribution in [0.2, 0.25) is 0 Å². The van der Waals surface area contributed by atoms with Gasteiger partial charge in [-0.15, -0.1) is 0 Å². The van der Waals surface area contributed by atoms with Crippen LogP contribution in [0.25, 0.3) is 22.5 Å². The second kappa shape index (κ2) is 9.79. The monoisotopic (exact) mass is 482 g/mol. The van der Waals surface area contributed by atoms with Gasteiger partial charge < -0.3 is 9.80 Å². The molecule has 36 heavy (non-hydrogen) atoms. The molecule has 0 atom stereocenters. The first kappa shape index (κ1) is 22.8. The minimum absolute atomic E-state index is 0.914. The number of hydrogen-bond donors (Lipinski definition) is 2. The molecule has 8 nitrogen and oxygen atoms in total. The first-order valence-corrected chi connectivity index (χ1v) is 12.8. The Morgan fingerprint density at radius 1 is 0.639 bits per heavy atom. The van der Waals surface area contributed by atoms with E-state index >= 15 is 0 Å². The lowest BCUT2D eigenvalue weighted by Gasteiger charge is -2.35. The zero-order chi connectivity index (χ0) is 24.5. The predicted molar refractivity (Wildman–Crippen MR) is 145 cm³/mol. The van der Waals surface area contributed by atoms with E-state index in [0.717, 1.165) is 62.5 Å². The zero-order valence-corrected chi connectivity index (χ0v) is 21.1. The highest BCUT2D eigenvalue weighted by Gasteiger charge is 2.27. The van der Waals surface area contributed by atoms with Crippen LogP contribution in [0, 0.1) is 0 Å². The molecule has 4 heterocycles. The molecule has 0 saturated heterocycles. The molecule has 4 aromatic rings. The summed E-state index contributed by atoms with van der Waals surface area (Å²) in [5, 5.41) is 15.8. The van der Waals surface area contributed by atoms with Gasteiger partial charge in [-0.25, -0.2) is 0 Å². The van der Waals surface area contributed by atoms with Gasteiger partial charge in [-0.3, -0.25) is 20.0 Å². The summed E-state index contributed by atoms with van der Waals surface area (Å²) in [6.45, 7) is 5.87. The van der Waals surface area contributed by atoms with Gasteiger partial charge in [-0.1, -0.05) is 60.7 Å². The standard InChI is InChI=1S/C28H34N8/c1-33-19-35(17-23-25(29-31-27(23)33)21-11-5-3-6-12-21)15-9-10-16-36-18-24-26(22-13-7-4-8-14-22)30-32-28(24)34(2)20-36/h3-8,11-14H,9-10,15-20H2,1-2H3,(H,29,31)(H,30,32). The third-order valence-corrected chi connectivity index (χ3v) is 7.33. The van der Waals surface area contributed by atoms with E-state index in [1.54, 1.807) is 0 Å². The van der Waals surface area contributed by atoms with Gasteiger partial charge in [0, 0.05) is 51.4 Å². The van der Waals surface area contributed by atoms with Crippen molar-refractivity contribution in [3.8, 4) is 22.5 Å². The molecule has 0 bridgehead atoms. The van der Waals surface area contributed by atoms with Crippen molar-refractivity contribution in [2.45, 2.75) is 25.9 Å². The molecule has 2 aliphatic rings. The Labute approximate surface area is 212 Å². The van der Waals surface area contributed by atoms with Gasteiger partial charge in [0.1, 0.15) is 0 Å². The Balaban J connectivity index is 1.06. The highest BCUT2D eigenvalue weighted by Crippen LogP contribution is 2.34. The second-order valence-electron chi connectivity index (χ2n) is 10.0. The average Bonchev–Trinajstić information content (AvgIpc) is 3.53. The molecule has 2 aromatic carbocycles. The number of aromatic amines is 2. The molecule has 0 spiro atoms. The van der Waals surface area contributed by atoms with Gasteiger partial charge in [0.15, 0.2) is 11.6 Å². The van der Waals surface area contributed by atoms with E-state index < -0.39 is 0 Å². The summed E-state index contributed by atoms with van der Waals surface area (Å²) in [7, 11) is 4.27. The number of nitrogens with zero attached hydrogens (tertiary/aromatic N) is 6. The van der Waals surface area contributed by atoms with E-state index in [1.807, 2.05) is 0 Å². The molecule has 8 heteroatoms. The van der Waals surface area contributed by atoms with E-state index in [0.29, 0.717) is 0 Å². The minimum Gasteiger partial charge on any atom is -0.345 e. The van der Waals surface area contributed by atoms with Crippen molar-refractivity contribution in [2.75, 3.05) is 50.3 Å². The molecule has 186 valence electrons. The number of hydrogen-bond acceptors (Lipinski definition) is 6. The van der Waals surface area contributed by atoms with E-state index in [9.17, 15) is 0 Å². The number of H-pyrrole nitrogens is 2. The SMILES string of the molecule is CN1CN(CCCCN2Cc3c(n[nH]c3-c3ccccc3)N(C)C2)Cc2c1n[nH]c2-c1ccccc1. The number of rotatable bonds is 7. The van der Waals surface area contributed by atoms with Crippen LogP contribution in [0.5, 0.6) is 0 Å². The Hall–Kier alpha value is -3.62. The summed E-state index contributed by atoms with van der Waals surface area (Å²) in [6.07, 6.45) is 2.34. The quantitative estimate of drug-likeness (QED) is 0.381. The van der Waals surface area contributed by atoms with Crippen LogP contribution < -0.4 is 9.80 Å². The van der Waals surface area contributed by atoms with Gasteiger partial charge in [-0.05, 0) is 24.0 Å². The van der Waals surface area contributed by atoms with Gasteiger partial charge in [0.2, 0.25) is 0 Å². The van der Waals surface area contributed by atoms with Crippen molar-refractivity contribution < 1.29 is 0 Å². The Bertz CT molecular complexity index is 1190. The smallest absolute Gasteiger partial charge is 0.156 e. The van der Waals surface area contributed by atoms with Crippen LogP contribution >= 0.6 is 0 Å². The highest BCUT2D eigenvalue weighted by atomic mass is 15.4. The number of anilines is 2. The minimum atomic E-state index is 0.914. The molecule has 6 rings (SSSR count). The molecule has 2 aromatic heterocycles. The lowest BCUT2D eigenvalue weighted by Crippen LogP contribution is -2.42. The Morgan fingerprint density at radius 3 is 1.47 bits per heavy atom. The zero-order valence-electron chi connectivity index (χ0n) is 21.1. The van der Waals surface area contributed by atoms with Crippen LogP contribution in [-0.2, 0) is 13.1 Å². The largest absolute Gasteiger partial charge is 0.345 e. The molecule has 2 N–H and O–H groups in total. The number of aromatic nitrogens is 4. The van der Waals surface area contributed by atoms with Gasteiger partial charge in [-0.2, -0.15) is 10.2 Å². The molecular formula is C28H34N8. The molecule has 0 saturated carbocycles. The number of fused-ring (bicyclic) bond motifs is 2. The van der Waals surface area contributed by atoms with Crippen LogP contribution in [0.4, 0.5) is 11.6 Å². The first-order valence-electron chi connectivity index (χ1n) is 12.8. The fourth-order valence-electron chi connectivity index (χ4n) is 5.58. The number of nitrogens with one attached hydrogen (secondary N) is 2. The van der Waals surface area contributed by atoms with Crippen molar-refractivity contribution >= 4 is 11.6 Å². The van der Waals surface area contributed by atoms with E-state index in [2.05, 4.69) is 115 Å². The van der Waals surface area contributed by atoms with Crippen molar-refractivity contribution in [3.63, 3.8) is 0 Å². The average molecular weight is 483 g/mol. The first-order chi connectivity index (χ1) is 17.7. The fourth-order valence-corrected chi connectivity index (χ4v) is 5.58. The highest BCUT2D eigenvalue weighted by molar-refractivity contribution is 5.71. The predicted octanol–water partition coefficient (Wildman–Crippen LogP) is 4.37. The van der Waals surface area contributed by atoms with Crippen LogP contribution in [0.1, 0.15) is 24.0 Å². The van der Waals surface area contributed by atoms with Gasteiger partial charge >= 0.3 is 0 Å². The van der Waals surface area contributed by atoms with Crippen molar-refractivity contribution in [2.24, 2.45) is 0 Å². The Kier molecular flexibility index (Phi) is 6.21. The molecule has 2 aliphatic heterocycles. The van der Waals surface area contributed by atoms with E-state index in [4.69, 9.17) is 0 Å². The van der Waals surface area contributed by atoms with Crippen molar-refractivity contribution in [1.82, 2.24) is 30.2 Å². The summed E-state index contributed by atoms with van der Waals surface area (Å²) in [5.74, 6) is 2.15. The molecule has 0 unspecified atom stereocenters.